The lowest BCUT2D eigenvalue weighted by atomic mass is 9.94. The summed E-state index contributed by atoms with van der Waals surface area (Å²) < 4.78 is 0. The number of anilines is 2. The fourth-order valence-electron chi connectivity index (χ4n) is 4.56. The fourth-order valence-corrected chi connectivity index (χ4v) is 4.56. The summed E-state index contributed by atoms with van der Waals surface area (Å²) in [5, 5.41) is 8.72. The van der Waals surface area contributed by atoms with E-state index in [9.17, 15) is 14.4 Å². The number of carbonyl (C=O) groups excluding carboxylic acids is 3. The maximum absolute atomic E-state index is 13.3. The summed E-state index contributed by atoms with van der Waals surface area (Å²) in [5.74, 6) is -0.690. The number of amides is 3. The Morgan fingerprint density at radius 1 is 0.561 bits per heavy atom. The van der Waals surface area contributed by atoms with E-state index in [1.807, 2.05) is 79.7 Å². The van der Waals surface area contributed by atoms with Crippen molar-refractivity contribution in [3.05, 3.63) is 155 Å². The maximum Gasteiger partial charge on any atom is 0.256 e. The van der Waals surface area contributed by atoms with Crippen molar-refractivity contribution in [2.75, 3.05) is 10.6 Å². The average Bonchev–Trinajstić information content (AvgIpc) is 3.01. The van der Waals surface area contributed by atoms with E-state index in [0.29, 0.717) is 34.6 Å². The Morgan fingerprint density at radius 3 is 1.93 bits per heavy atom. The standard InChI is InChI=1S/C35H29N3O3/c1-24-10-8-17-31(32(24)26-11-4-2-5-12-26)35(41)38-30-16-9-15-28(22-30)33(39)36-23-25-18-20-29(21-19-25)37-34(40)27-13-6-3-7-14-27/h2-22H,23H2,1H3,(H,36,39)(H,37,40)(H,38,41). The second-order valence-corrected chi connectivity index (χ2v) is 9.60. The molecule has 0 bridgehead atoms. The van der Waals surface area contributed by atoms with Gasteiger partial charge in [0.1, 0.15) is 0 Å². The fraction of sp³-hybridized carbons (Fsp3) is 0.0571. The highest BCUT2D eigenvalue weighted by Crippen LogP contribution is 2.28. The van der Waals surface area contributed by atoms with Crippen LogP contribution in [0, 0.1) is 6.92 Å². The van der Waals surface area contributed by atoms with E-state index in [0.717, 1.165) is 22.3 Å². The quantitative estimate of drug-likeness (QED) is 0.197. The largest absolute Gasteiger partial charge is 0.348 e. The molecular formula is C35H29N3O3. The molecule has 0 saturated heterocycles. The Morgan fingerprint density at radius 2 is 1.20 bits per heavy atom. The SMILES string of the molecule is Cc1cccc(C(=O)Nc2cccc(C(=O)NCc3ccc(NC(=O)c4ccccc4)cc3)c2)c1-c1ccccc1. The second kappa shape index (κ2) is 12.6. The second-order valence-electron chi connectivity index (χ2n) is 9.60. The van der Waals surface area contributed by atoms with Crippen molar-refractivity contribution in [2.45, 2.75) is 13.5 Å². The van der Waals surface area contributed by atoms with Crippen LogP contribution in [0.25, 0.3) is 11.1 Å². The Hall–Kier alpha value is -5.49. The molecule has 0 aliphatic rings. The van der Waals surface area contributed by atoms with Gasteiger partial charge in [-0.3, -0.25) is 14.4 Å². The molecule has 41 heavy (non-hydrogen) atoms. The third kappa shape index (κ3) is 6.75. The van der Waals surface area contributed by atoms with Crippen molar-refractivity contribution >= 4 is 29.1 Å². The van der Waals surface area contributed by atoms with Crippen LogP contribution in [0.4, 0.5) is 11.4 Å². The minimum Gasteiger partial charge on any atom is -0.348 e. The first-order valence-electron chi connectivity index (χ1n) is 13.3. The van der Waals surface area contributed by atoms with Crippen LogP contribution in [0.15, 0.2) is 127 Å². The summed E-state index contributed by atoms with van der Waals surface area (Å²) in [5.41, 5.74) is 6.51. The number of hydrogen-bond donors (Lipinski definition) is 3. The lowest BCUT2D eigenvalue weighted by Gasteiger charge is -2.14. The van der Waals surface area contributed by atoms with E-state index in [1.165, 1.54) is 0 Å². The van der Waals surface area contributed by atoms with Gasteiger partial charge in [0.15, 0.2) is 0 Å². The number of hydrogen-bond acceptors (Lipinski definition) is 3. The Bertz CT molecular complexity index is 1680. The third-order valence-corrected chi connectivity index (χ3v) is 6.66. The van der Waals surface area contributed by atoms with Gasteiger partial charge < -0.3 is 16.0 Å². The highest BCUT2D eigenvalue weighted by atomic mass is 16.2. The third-order valence-electron chi connectivity index (χ3n) is 6.66. The van der Waals surface area contributed by atoms with Gasteiger partial charge in [0.2, 0.25) is 0 Å². The molecule has 0 fully saturated rings. The molecule has 0 spiro atoms. The molecule has 3 amide bonds. The molecule has 0 heterocycles. The minimum absolute atomic E-state index is 0.183. The smallest absolute Gasteiger partial charge is 0.256 e. The zero-order chi connectivity index (χ0) is 28.6. The zero-order valence-electron chi connectivity index (χ0n) is 22.6. The van der Waals surface area contributed by atoms with Crippen LogP contribution in [-0.2, 0) is 6.54 Å². The molecule has 6 heteroatoms. The first-order chi connectivity index (χ1) is 20.0. The Kier molecular flexibility index (Phi) is 8.31. The summed E-state index contributed by atoms with van der Waals surface area (Å²) in [6, 6.07) is 38.6. The van der Waals surface area contributed by atoms with E-state index in [1.54, 1.807) is 54.6 Å². The summed E-state index contributed by atoms with van der Waals surface area (Å²) in [4.78, 5) is 38.5. The van der Waals surface area contributed by atoms with Crippen LogP contribution in [0.5, 0.6) is 0 Å². The van der Waals surface area contributed by atoms with Crippen molar-refractivity contribution in [2.24, 2.45) is 0 Å². The number of carbonyl (C=O) groups is 3. The molecule has 5 aromatic carbocycles. The summed E-state index contributed by atoms with van der Waals surface area (Å²) in [7, 11) is 0. The van der Waals surface area contributed by atoms with Crippen LogP contribution in [0.1, 0.15) is 42.2 Å². The molecule has 0 aliphatic carbocycles. The van der Waals surface area contributed by atoms with Crippen LogP contribution in [-0.4, -0.2) is 17.7 Å². The normalized spacial score (nSPS) is 10.5. The lowest BCUT2D eigenvalue weighted by molar-refractivity contribution is 0.0949. The number of nitrogens with one attached hydrogen (secondary N) is 3. The monoisotopic (exact) mass is 539 g/mol. The molecule has 0 saturated carbocycles. The van der Waals surface area contributed by atoms with E-state index in [4.69, 9.17) is 0 Å². The van der Waals surface area contributed by atoms with Crippen LogP contribution < -0.4 is 16.0 Å². The molecule has 6 nitrogen and oxygen atoms in total. The van der Waals surface area contributed by atoms with E-state index in [-0.39, 0.29) is 17.7 Å². The van der Waals surface area contributed by atoms with Crippen molar-refractivity contribution in [1.82, 2.24) is 5.32 Å². The molecule has 0 aromatic heterocycles. The van der Waals surface area contributed by atoms with Crippen LogP contribution in [0.2, 0.25) is 0 Å². The van der Waals surface area contributed by atoms with Gasteiger partial charge in [-0.05, 0) is 77.7 Å². The maximum atomic E-state index is 13.3. The van der Waals surface area contributed by atoms with Crippen molar-refractivity contribution in [3.8, 4) is 11.1 Å². The number of benzene rings is 5. The molecule has 202 valence electrons. The van der Waals surface area contributed by atoms with Crippen LogP contribution >= 0.6 is 0 Å². The summed E-state index contributed by atoms with van der Waals surface area (Å²) in [6.07, 6.45) is 0. The Labute approximate surface area is 239 Å². The molecule has 3 N–H and O–H groups in total. The summed E-state index contributed by atoms with van der Waals surface area (Å²) >= 11 is 0. The average molecular weight is 540 g/mol. The van der Waals surface area contributed by atoms with Gasteiger partial charge in [-0.1, -0.05) is 78.9 Å². The van der Waals surface area contributed by atoms with E-state index in [2.05, 4.69) is 16.0 Å². The van der Waals surface area contributed by atoms with Gasteiger partial charge in [0.25, 0.3) is 17.7 Å². The molecule has 5 aromatic rings. The van der Waals surface area contributed by atoms with Gasteiger partial charge in [-0.25, -0.2) is 0 Å². The van der Waals surface area contributed by atoms with Gasteiger partial charge in [-0.15, -0.1) is 0 Å². The first-order valence-corrected chi connectivity index (χ1v) is 13.3. The van der Waals surface area contributed by atoms with Crippen LogP contribution in [0.3, 0.4) is 0 Å². The van der Waals surface area contributed by atoms with Gasteiger partial charge in [-0.2, -0.15) is 0 Å². The molecule has 0 radical (unpaired) electrons. The predicted molar refractivity (Wildman–Crippen MR) is 163 cm³/mol. The first kappa shape index (κ1) is 27.1. The van der Waals surface area contributed by atoms with Crippen molar-refractivity contribution in [3.63, 3.8) is 0 Å². The number of aryl methyl sites for hydroxylation is 1. The van der Waals surface area contributed by atoms with E-state index < -0.39 is 0 Å². The van der Waals surface area contributed by atoms with Crippen molar-refractivity contribution in [1.29, 1.82) is 0 Å². The number of rotatable bonds is 8. The topological polar surface area (TPSA) is 87.3 Å². The van der Waals surface area contributed by atoms with Gasteiger partial charge >= 0.3 is 0 Å². The van der Waals surface area contributed by atoms with Crippen molar-refractivity contribution < 1.29 is 14.4 Å². The lowest BCUT2D eigenvalue weighted by Crippen LogP contribution is -2.23. The molecule has 5 rings (SSSR count). The molecule has 0 aliphatic heterocycles. The predicted octanol–water partition coefficient (Wildman–Crippen LogP) is 7.10. The zero-order valence-corrected chi connectivity index (χ0v) is 22.6. The van der Waals surface area contributed by atoms with E-state index >= 15 is 0 Å². The highest BCUT2D eigenvalue weighted by Gasteiger charge is 2.16. The highest BCUT2D eigenvalue weighted by molar-refractivity contribution is 6.09. The Balaban J connectivity index is 1.21. The molecule has 0 atom stereocenters. The molecular weight excluding hydrogens is 510 g/mol. The van der Waals surface area contributed by atoms with Gasteiger partial charge in [0, 0.05) is 34.6 Å². The molecule has 0 unspecified atom stereocenters. The van der Waals surface area contributed by atoms with Gasteiger partial charge in [0.05, 0.1) is 0 Å². The minimum atomic E-state index is -0.261. The summed E-state index contributed by atoms with van der Waals surface area (Å²) in [6.45, 7) is 2.30.